The molecule has 1 saturated heterocycles. The third kappa shape index (κ3) is 3.37. The standard InChI is InChI=1S/C13H16ClNO3/c14-9-13(10-15-12(16)18-13)6-7-17-8-11-4-2-1-3-5-11/h1-5H,6-10H2,(H,15,16). The first-order valence-corrected chi connectivity index (χ1v) is 6.42. The summed E-state index contributed by atoms with van der Waals surface area (Å²) in [5.74, 6) is 0.278. The van der Waals surface area contributed by atoms with E-state index >= 15 is 0 Å². The largest absolute Gasteiger partial charge is 0.440 e. The van der Waals surface area contributed by atoms with Crippen LogP contribution in [0, 0.1) is 0 Å². The zero-order chi connectivity index (χ0) is 12.8. The van der Waals surface area contributed by atoms with Crippen molar-refractivity contribution in [2.24, 2.45) is 0 Å². The second kappa shape index (κ2) is 6.07. The number of amides is 1. The van der Waals surface area contributed by atoms with Crippen LogP contribution in [0.2, 0.25) is 0 Å². The molecule has 4 nitrogen and oxygen atoms in total. The van der Waals surface area contributed by atoms with E-state index in [-0.39, 0.29) is 5.88 Å². The molecule has 1 atom stereocenters. The van der Waals surface area contributed by atoms with Crippen LogP contribution in [0.1, 0.15) is 12.0 Å². The fourth-order valence-electron chi connectivity index (χ4n) is 1.81. The highest BCUT2D eigenvalue weighted by Gasteiger charge is 2.39. The Hall–Kier alpha value is -1.26. The number of nitrogens with one attached hydrogen (secondary N) is 1. The molecule has 1 unspecified atom stereocenters. The highest BCUT2D eigenvalue weighted by Crippen LogP contribution is 2.22. The number of ether oxygens (including phenoxy) is 2. The number of hydrogen-bond acceptors (Lipinski definition) is 3. The van der Waals surface area contributed by atoms with Gasteiger partial charge in [-0.3, -0.25) is 0 Å². The normalized spacial score (nSPS) is 22.6. The van der Waals surface area contributed by atoms with Gasteiger partial charge in [0, 0.05) is 6.42 Å². The lowest BCUT2D eigenvalue weighted by Crippen LogP contribution is -2.36. The lowest BCUT2D eigenvalue weighted by molar-refractivity contribution is 0.0283. The quantitative estimate of drug-likeness (QED) is 0.637. The fraction of sp³-hybridized carbons (Fsp3) is 0.462. The molecule has 18 heavy (non-hydrogen) atoms. The van der Waals surface area contributed by atoms with Gasteiger partial charge >= 0.3 is 6.09 Å². The predicted molar refractivity (Wildman–Crippen MR) is 68.6 cm³/mol. The van der Waals surface area contributed by atoms with Crippen molar-refractivity contribution < 1.29 is 14.3 Å². The van der Waals surface area contributed by atoms with Crippen LogP contribution in [0.4, 0.5) is 4.79 Å². The molecule has 1 aromatic rings. The van der Waals surface area contributed by atoms with Crippen molar-refractivity contribution in [1.29, 1.82) is 0 Å². The molecule has 1 amide bonds. The minimum atomic E-state index is -0.616. The van der Waals surface area contributed by atoms with Crippen molar-refractivity contribution in [3.05, 3.63) is 35.9 Å². The van der Waals surface area contributed by atoms with Crippen LogP contribution in [0.25, 0.3) is 0 Å². The van der Waals surface area contributed by atoms with Crippen LogP contribution < -0.4 is 5.32 Å². The first kappa shape index (κ1) is 13.2. The molecule has 0 aliphatic carbocycles. The van der Waals surface area contributed by atoms with Gasteiger partial charge in [0.1, 0.15) is 5.60 Å². The van der Waals surface area contributed by atoms with Gasteiger partial charge < -0.3 is 14.8 Å². The maximum absolute atomic E-state index is 11.0. The van der Waals surface area contributed by atoms with Gasteiger partial charge in [0.05, 0.1) is 25.6 Å². The molecule has 1 aliphatic heterocycles. The van der Waals surface area contributed by atoms with Crippen molar-refractivity contribution in [3.8, 4) is 0 Å². The molecule has 1 aromatic carbocycles. The number of carbonyl (C=O) groups excluding carboxylic acids is 1. The minimum absolute atomic E-state index is 0.278. The number of halogens is 1. The molecule has 98 valence electrons. The van der Waals surface area contributed by atoms with Gasteiger partial charge in [0.15, 0.2) is 0 Å². The molecule has 1 fully saturated rings. The Morgan fingerprint density at radius 2 is 2.17 bits per heavy atom. The third-order valence-electron chi connectivity index (χ3n) is 2.92. The smallest absolute Gasteiger partial charge is 0.407 e. The topological polar surface area (TPSA) is 47.6 Å². The second-order valence-corrected chi connectivity index (χ2v) is 4.62. The van der Waals surface area contributed by atoms with E-state index in [1.54, 1.807) is 0 Å². The van der Waals surface area contributed by atoms with Crippen LogP contribution in [0.3, 0.4) is 0 Å². The Bertz CT molecular complexity index is 398. The van der Waals surface area contributed by atoms with E-state index in [0.717, 1.165) is 5.56 Å². The summed E-state index contributed by atoms with van der Waals surface area (Å²) >= 11 is 5.85. The Balaban J connectivity index is 1.73. The summed E-state index contributed by atoms with van der Waals surface area (Å²) in [5.41, 5.74) is 0.508. The lowest BCUT2D eigenvalue weighted by Gasteiger charge is -2.23. The number of cyclic esters (lactones) is 1. The van der Waals surface area contributed by atoms with Gasteiger partial charge in [-0.2, -0.15) is 0 Å². The SMILES string of the molecule is O=C1NCC(CCl)(CCOCc2ccccc2)O1. The van der Waals surface area contributed by atoms with E-state index in [2.05, 4.69) is 5.32 Å². The van der Waals surface area contributed by atoms with Crippen molar-refractivity contribution in [2.45, 2.75) is 18.6 Å². The zero-order valence-corrected chi connectivity index (χ0v) is 10.8. The van der Waals surface area contributed by atoms with Gasteiger partial charge in [0.25, 0.3) is 0 Å². The van der Waals surface area contributed by atoms with E-state index in [4.69, 9.17) is 21.1 Å². The molecule has 1 heterocycles. The van der Waals surface area contributed by atoms with Crippen LogP contribution in [-0.4, -0.2) is 30.7 Å². The maximum Gasteiger partial charge on any atom is 0.407 e. The molecule has 1 N–H and O–H groups in total. The Kier molecular flexibility index (Phi) is 4.44. The van der Waals surface area contributed by atoms with Crippen LogP contribution >= 0.6 is 11.6 Å². The summed E-state index contributed by atoms with van der Waals surface area (Å²) in [6.07, 6.45) is 0.195. The summed E-state index contributed by atoms with van der Waals surface area (Å²) < 4.78 is 10.8. The highest BCUT2D eigenvalue weighted by molar-refractivity contribution is 6.18. The summed E-state index contributed by atoms with van der Waals surface area (Å²) in [6, 6.07) is 9.93. The Morgan fingerprint density at radius 3 is 2.78 bits per heavy atom. The molecule has 0 aromatic heterocycles. The monoisotopic (exact) mass is 269 g/mol. The fourth-order valence-corrected chi connectivity index (χ4v) is 2.09. The van der Waals surface area contributed by atoms with Gasteiger partial charge in [-0.05, 0) is 5.56 Å². The van der Waals surface area contributed by atoms with E-state index in [1.807, 2.05) is 30.3 Å². The second-order valence-electron chi connectivity index (χ2n) is 4.35. The number of rotatable bonds is 6. The average molecular weight is 270 g/mol. The Morgan fingerprint density at radius 1 is 1.39 bits per heavy atom. The van der Waals surface area contributed by atoms with Crippen molar-refractivity contribution in [3.63, 3.8) is 0 Å². The van der Waals surface area contributed by atoms with Gasteiger partial charge in [-0.15, -0.1) is 11.6 Å². The summed E-state index contributed by atoms with van der Waals surface area (Å²) in [6.45, 7) is 1.52. The maximum atomic E-state index is 11.0. The first-order chi connectivity index (χ1) is 8.74. The van der Waals surface area contributed by atoms with Crippen LogP contribution in [-0.2, 0) is 16.1 Å². The zero-order valence-electron chi connectivity index (χ0n) is 10.0. The highest BCUT2D eigenvalue weighted by atomic mass is 35.5. The molecule has 1 aliphatic rings. The van der Waals surface area contributed by atoms with Gasteiger partial charge in [-0.1, -0.05) is 30.3 Å². The predicted octanol–water partition coefficient (Wildman–Crippen LogP) is 2.31. The molecule has 5 heteroatoms. The molecule has 0 saturated carbocycles. The number of alkyl halides is 1. The summed E-state index contributed by atoms with van der Waals surface area (Å²) in [4.78, 5) is 11.0. The number of benzene rings is 1. The van der Waals surface area contributed by atoms with Crippen molar-refractivity contribution in [1.82, 2.24) is 5.32 Å². The van der Waals surface area contributed by atoms with Crippen LogP contribution in [0.15, 0.2) is 30.3 Å². The molecular formula is C13H16ClNO3. The first-order valence-electron chi connectivity index (χ1n) is 5.89. The van der Waals surface area contributed by atoms with E-state index in [9.17, 15) is 4.79 Å². The van der Waals surface area contributed by atoms with E-state index < -0.39 is 11.7 Å². The molecular weight excluding hydrogens is 254 g/mol. The van der Waals surface area contributed by atoms with E-state index in [1.165, 1.54) is 0 Å². The van der Waals surface area contributed by atoms with Crippen LogP contribution in [0.5, 0.6) is 0 Å². The summed E-state index contributed by atoms with van der Waals surface area (Å²) in [5, 5.41) is 2.62. The number of alkyl carbamates (subject to hydrolysis) is 1. The molecule has 2 rings (SSSR count). The lowest BCUT2D eigenvalue weighted by atomic mass is 10.0. The van der Waals surface area contributed by atoms with Gasteiger partial charge in [-0.25, -0.2) is 4.79 Å². The number of hydrogen-bond donors (Lipinski definition) is 1. The minimum Gasteiger partial charge on any atom is -0.440 e. The molecule has 0 bridgehead atoms. The number of carbonyl (C=O) groups is 1. The van der Waals surface area contributed by atoms with E-state index in [0.29, 0.717) is 26.2 Å². The third-order valence-corrected chi connectivity index (χ3v) is 3.41. The average Bonchev–Trinajstić information content (AvgIpc) is 2.78. The van der Waals surface area contributed by atoms with Gasteiger partial charge in [0.2, 0.25) is 0 Å². The van der Waals surface area contributed by atoms with Crippen molar-refractivity contribution >= 4 is 17.7 Å². The molecule has 0 radical (unpaired) electrons. The van der Waals surface area contributed by atoms with Crippen molar-refractivity contribution in [2.75, 3.05) is 19.0 Å². The summed E-state index contributed by atoms with van der Waals surface area (Å²) in [7, 11) is 0. The Labute approximate surface area is 111 Å². The molecule has 0 spiro atoms.